The molecule has 0 amide bonds. The van der Waals surface area contributed by atoms with Crippen molar-refractivity contribution in [3.05, 3.63) is 24.5 Å². The number of fused-ring (bicyclic) bond motifs is 1. The van der Waals surface area contributed by atoms with Crippen molar-refractivity contribution < 1.29 is 4.74 Å². The third-order valence-electron chi connectivity index (χ3n) is 2.40. The first-order valence-electron chi connectivity index (χ1n) is 5.44. The van der Waals surface area contributed by atoms with Gasteiger partial charge in [-0.25, -0.2) is 9.97 Å². The van der Waals surface area contributed by atoms with Crippen LogP contribution in [0.1, 0.15) is 0 Å². The Morgan fingerprint density at radius 2 is 2.12 bits per heavy atom. The number of likely N-dealkylation sites (N-methyl/N-ethyl adjacent to an activating group) is 1. The van der Waals surface area contributed by atoms with Gasteiger partial charge >= 0.3 is 0 Å². The fourth-order valence-electron chi connectivity index (χ4n) is 1.49. The highest BCUT2D eigenvalue weighted by atomic mass is 16.5. The van der Waals surface area contributed by atoms with E-state index in [9.17, 15) is 0 Å². The molecule has 0 saturated carbocycles. The van der Waals surface area contributed by atoms with E-state index < -0.39 is 0 Å². The van der Waals surface area contributed by atoms with Crippen LogP contribution in [0.15, 0.2) is 24.5 Å². The van der Waals surface area contributed by atoms with Gasteiger partial charge in [0.1, 0.15) is 12.9 Å². The predicted octanol–water partition coefficient (Wildman–Crippen LogP) is 1.15. The minimum Gasteiger partial charge on any atom is -0.476 e. The smallest absolute Gasteiger partial charge is 0.224 e. The number of ether oxygens (including phenoxy) is 1. The quantitative estimate of drug-likeness (QED) is 0.801. The van der Waals surface area contributed by atoms with E-state index >= 15 is 0 Å². The van der Waals surface area contributed by atoms with Crippen molar-refractivity contribution in [2.24, 2.45) is 0 Å². The van der Waals surface area contributed by atoms with Gasteiger partial charge in [0.15, 0.2) is 0 Å². The number of nitrogens with zero attached hydrogens (tertiary/aromatic N) is 3. The van der Waals surface area contributed by atoms with Crippen molar-refractivity contribution in [3.63, 3.8) is 0 Å². The minimum atomic E-state index is 0.587. The van der Waals surface area contributed by atoms with Crippen molar-refractivity contribution in [3.8, 4) is 5.88 Å². The molecule has 0 atom stereocenters. The summed E-state index contributed by atoms with van der Waals surface area (Å²) in [6.07, 6.45) is 1.50. The van der Waals surface area contributed by atoms with E-state index in [1.807, 2.05) is 32.3 Å². The fourth-order valence-corrected chi connectivity index (χ4v) is 1.49. The van der Waals surface area contributed by atoms with E-state index in [-0.39, 0.29) is 0 Å². The fraction of sp³-hybridized carbons (Fsp3) is 0.333. The average molecular weight is 232 g/mol. The number of rotatable bonds is 4. The highest BCUT2D eigenvalue weighted by Gasteiger charge is 2.05. The molecule has 2 aromatic rings. The van der Waals surface area contributed by atoms with Gasteiger partial charge in [0, 0.05) is 12.2 Å². The number of anilines is 1. The molecule has 2 rings (SSSR count). The standard InChI is InChI=1S/C12H16N4O/c1-16(2)5-6-17-12-10-7-9(13)3-4-11(10)14-8-15-12/h3-4,7-8H,5-6,13H2,1-2H3. The predicted molar refractivity (Wildman–Crippen MR) is 68.0 cm³/mol. The van der Waals surface area contributed by atoms with E-state index in [4.69, 9.17) is 10.5 Å². The first kappa shape index (κ1) is 11.6. The Bertz CT molecular complexity index is 513. The zero-order valence-electron chi connectivity index (χ0n) is 10.1. The monoisotopic (exact) mass is 232 g/mol. The van der Waals surface area contributed by atoms with Crippen LogP contribution >= 0.6 is 0 Å². The van der Waals surface area contributed by atoms with Crippen LogP contribution < -0.4 is 10.5 Å². The summed E-state index contributed by atoms with van der Waals surface area (Å²) in [5.74, 6) is 0.587. The molecule has 5 nitrogen and oxygen atoms in total. The summed E-state index contributed by atoms with van der Waals surface area (Å²) in [4.78, 5) is 10.4. The van der Waals surface area contributed by atoms with Crippen LogP contribution in [0.4, 0.5) is 5.69 Å². The summed E-state index contributed by atoms with van der Waals surface area (Å²) in [5, 5.41) is 0.853. The van der Waals surface area contributed by atoms with Gasteiger partial charge in [-0.05, 0) is 32.3 Å². The van der Waals surface area contributed by atoms with Gasteiger partial charge in [0.25, 0.3) is 0 Å². The highest BCUT2D eigenvalue weighted by Crippen LogP contribution is 2.23. The Hall–Kier alpha value is -1.88. The van der Waals surface area contributed by atoms with Gasteiger partial charge < -0.3 is 15.4 Å². The van der Waals surface area contributed by atoms with E-state index in [0.717, 1.165) is 17.4 Å². The maximum atomic E-state index is 5.75. The lowest BCUT2D eigenvalue weighted by molar-refractivity contribution is 0.256. The second-order valence-electron chi connectivity index (χ2n) is 4.11. The maximum absolute atomic E-state index is 5.75. The van der Waals surface area contributed by atoms with Crippen molar-refractivity contribution >= 4 is 16.6 Å². The van der Waals surface area contributed by atoms with Gasteiger partial charge in [0.2, 0.25) is 5.88 Å². The number of benzene rings is 1. The van der Waals surface area contributed by atoms with Crippen LogP contribution in [-0.2, 0) is 0 Å². The van der Waals surface area contributed by atoms with E-state index in [1.165, 1.54) is 6.33 Å². The molecule has 90 valence electrons. The van der Waals surface area contributed by atoms with Gasteiger partial charge in [-0.1, -0.05) is 0 Å². The maximum Gasteiger partial charge on any atom is 0.224 e. The number of hydrogen-bond donors (Lipinski definition) is 1. The Balaban J connectivity index is 2.24. The van der Waals surface area contributed by atoms with Gasteiger partial charge in [-0.15, -0.1) is 0 Å². The molecule has 0 radical (unpaired) electrons. The summed E-state index contributed by atoms with van der Waals surface area (Å²) in [6, 6.07) is 5.52. The van der Waals surface area contributed by atoms with E-state index in [2.05, 4.69) is 14.9 Å². The first-order chi connectivity index (χ1) is 8.16. The van der Waals surface area contributed by atoms with Crippen LogP contribution in [0.3, 0.4) is 0 Å². The van der Waals surface area contributed by atoms with E-state index in [1.54, 1.807) is 0 Å². The average Bonchev–Trinajstić information content (AvgIpc) is 2.29. The van der Waals surface area contributed by atoms with Crippen LogP contribution in [0.2, 0.25) is 0 Å². The van der Waals surface area contributed by atoms with Crippen molar-refractivity contribution in [2.75, 3.05) is 33.0 Å². The normalized spacial score (nSPS) is 11.0. The van der Waals surface area contributed by atoms with Crippen LogP contribution in [0, 0.1) is 0 Å². The molecular weight excluding hydrogens is 216 g/mol. The van der Waals surface area contributed by atoms with Gasteiger partial charge in [0.05, 0.1) is 10.9 Å². The molecule has 2 N–H and O–H groups in total. The lowest BCUT2D eigenvalue weighted by Gasteiger charge is -2.11. The summed E-state index contributed by atoms with van der Waals surface area (Å²) >= 11 is 0. The largest absolute Gasteiger partial charge is 0.476 e. The number of aromatic nitrogens is 2. The van der Waals surface area contributed by atoms with Gasteiger partial charge in [-0.2, -0.15) is 0 Å². The summed E-state index contributed by atoms with van der Waals surface area (Å²) in [7, 11) is 4.00. The zero-order valence-corrected chi connectivity index (χ0v) is 10.1. The molecule has 0 fully saturated rings. The second kappa shape index (κ2) is 4.97. The summed E-state index contributed by atoms with van der Waals surface area (Å²) in [6.45, 7) is 1.43. The Kier molecular flexibility index (Phi) is 3.39. The molecule has 0 aliphatic rings. The first-order valence-corrected chi connectivity index (χ1v) is 5.44. The molecule has 0 spiro atoms. The topological polar surface area (TPSA) is 64.3 Å². The number of hydrogen-bond acceptors (Lipinski definition) is 5. The lowest BCUT2D eigenvalue weighted by atomic mass is 10.2. The Labute approximate surface area is 100 Å². The highest BCUT2D eigenvalue weighted by molar-refractivity contribution is 5.86. The second-order valence-corrected chi connectivity index (χ2v) is 4.11. The molecule has 1 aromatic carbocycles. The zero-order chi connectivity index (χ0) is 12.3. The molecular formula is C12H16N4O. The Morgan fingerprint density at radius 1 is 1.29 bits per heavy atom. The molecule has 0 bridgehead atoms. The molecule has 0 unspecified atom stereocenters. The van der Waals surface area contributed by atoms with Crippen molar-refractivity contribution in [2.45, 2.75) is 0 Å². The third-order valence-corrected chi connectivity index (χ3v) is 2.40. The molecule has 0 aliphatic heterocycles. The molecule has 0 saturated heterocycles. The number of nitrogens with two attached hydrogens (primary N) is 1. The Morgan fingerprint density at radius 3 is 2.88 bits per heavy atom. The van der Waals surface area contributed by atoms with E-state index in [0.29, 0.717) is 18.2 Å². The lowest BCUT2D eigenvalue weighted by Crippen LogP contribution is -2.19. The third kappa shape index (κ3) is 2.82. The van der Waals surface area contributed by atoms with Crippen molar-refractivity contribution in [1.29, 1.82) is 0 Å². The van der Waals surface area contributed by atoms with Crippen LogP contribution in [0.5, 0.6) is 5.88 Å². The van der Waals surface area contributed by atoms with Crippen LogP contribution in [-0.4, -0.2) is 42.1 Å². The van der Waals surface area contributed by atoms with Gasteiger partial charge in [-0.3, -0.25) is 0 Å². The molecule has 0 aliphatic carbocycles. The molecule has 1 aromatic heterocycles. The molecule has 17 heavy (non-hydrogen) atoms. The SMILES string of the molecule is CN(C)CCOc1ncnc2ccc(N)cc12. The summed E-state index contributed by atoms with van der Waals surface area (Å²) in [5.41, 5.74) is 7.28. The molecule has 5 heteroatoms. The van der Waals surface area contributed by atoms with Crippen molar-refractivity contribution in [1.82, 2.24) is 14.9 Å². The minimum absolute atomic E-state index is 0.587. The van der Waals surface area contributed by atoms with Crippen LogP contribution in [0.25, 0.3) is 10.9 Å². The summed E-state index contributed by atoms with van der Waals surface area (Å²) < 4.78 is 5.64. The number of nitrogen functional groups attached to an aromatic ring is 1. The molecule has 1 heterocycles.